The van der Waals surface area contributed by atoms with Crippen LogP contribution in [0.3, 0.4) is 0 Å². The van der Waals surface area contributed by atoms with E-state index in [0.29, 0.717) is 11.3 Å². The first-order valence-electron chi connectivity index (χ1n) is 6.24. The highest BCUT2D eigenvalue weighted by Crippen LogP contribution is 2.21. The fraction of sp³-hybridized carbons (Fsp3) is 0.133. The number of nitrogens with one attached hydrogen (secondary N) is 1. The molecule has 2 aromatic carbocycles. The number of carbonyl (C=O) groups excluding carboxylic acids is 1. The average Bonchev–Trinajstić information content (AvgIpc) is 2.45. The zero-order chi connectivity index (χ0) is 15.4. The van der Waals surface area contributed by atoms with E-state index in [0.717, 1.165) is 12.1 Å². The first kappa shape index (κ1) is 14.9. The summed E-state index contributed by atoms with van der Waals surface area (Å²) in [5.74, 6) is -2.14. The molecule has 0 saturated carbocycles. The predicted molar refractivity (Wildman–Crippen MR) is 74.8 cm³/mol. The number of primary amides is 1. The van der Waals surface area contributed by atoms with Crippen molar-refractivity contribution in [1.29, 1.82) is 0 Å². The van der Waals surface area contributed by atoms with Gasteiger partial charge in [-0.2, -0.15) is 0 Å². The van der Waals surface area contributed by atoms with Crippen LogP contribution in [0.2, 0.25) is 0 Å². The van der Waals surface area contributed by atoms with Crippen LogP contribution in [-0.2, 0) is 0 Å². The fourth-order valence-electron chi connectivity index (χ4n) is 1.90. The second kappa shape index (κ2) is 6.32. The zero-order valence-corrected chi connectivity index (χ0v) is 11.0. The molecule has 0 fully saturated rings. The third-order valence-corrected chi connectivity index (χ3v) is 3.00. The summed E-state index contributed by atoms with van der Waals surface area (Å²) in [5.41, 5.74) is 5.68. The Balaban J connectivity index is 2.04. The number of hydrogen-bond donors (Lipinski definition) is 3. The van der Waals surface area contributed by atoms with Crippen molar-refractivity contribution in [2.75, 3.05) is 11.9 Å². The first-order valence-corrected chi connectivity index (χ1v) is 6.24. The molecule has 1 atom stereocenters. The number of carbonyl (C=O) groups is 1. The van der Waals surface area contributed by atoms with Crippen LogP contribution < -0.4 is 11.1 Å². The van der Waals surface area contributed by atoms with Gasteiger partial charge in [-0.25, -0.2) is 8.78 Å². The van der Waals surface area contributed by atoms with Gasteiger partial charge in [-0.3, -0.25) is 4.79 Å². The standard InChI is InChI=1S/C15H14F2N2O2/c16-11-2-1-3-12(17)14(11)13(20)8-19-10-6-4-9(5-7-10)15(18)21/h1-7,13,19-20H,8H2,(H2,18,21). The second-order valence-electron chi connectivity index (χ2n) is 4.47. The van der Waals surface area contributed by atoms with Gasteiger partial charge in [-0.05, 0) is 36.4 Å². The lowest BCUT2D eigenvalue weighted by molar-refractivity contribution is 0.1000. The largest absolute Gasteiger partial charge is 0.386 e. The molecule has 0 aromatic heterocycles. The maximum Gasteiger partial charge on any atom is 0.248 e. The van der Waals surface area contributed by atoms with E-state index in [2.05, 4.69) is 5.32 Å². The van der Waals surface area contributed by atoms with Crippen LogP contribution in [0.15, 0.2) is 42.5 Å². The van der Waals surface area contributed by atoms with E-state index in [1.807, 2.05) is 0 Å². The van der Waals surface area contributed by atoms with Crippen LogP contribution in [0.1, 0.15) is 22.0 Å². The van der Waals surface area contributed by atoms with Crippen molar-refractivity contribution in [3.8, 4) is 0 Å². The van der Waals surface area contributed by atoms with E-state index >= 15 is 0 Å². The SMILES string of the molecule is NC(=O)c1ccc(NCC(O)c2c(F)cccc2F)cc1. The zero-order valence-electron chi connectivity index (χ0n) is 11.0. The molecule has 0 aliphatic rings. The third kappa shape index (κ3) is 3.55. The summed E-state index contributed by atoms with van der Waals surface area (Å²) in [6.07, 6.45) is -1.33. The van der Waals surface area contributed by atoms with Crippen LogP contribution in [0.4, 0.5) is 14.5 Å². The fourth-order valence-corrected chi connectivity index (χ4v) is 1.90. The Morgan fingerprint density at radius 2 is 1.71 bits per heavy atom. The van der Waals surface area contributed by atoms with Gasteiger partial charge >= 0.3 is 0 Å². The quantitative estimate of drug-likeness (QED) is 0.791. The number of benzene rings is 2. The molecule has 6 heteroatoms. The van der Waals surface area contributed by atoms with Gasteiger partial charge in [-0.15, -0.1) is 0 Å². The smallest absolute Gasteiger partial charge is 0.248 e. The molecule has 0 radical (unpaired) electrons. The lowest BCUT2D eigenvalue weighted by Crippen LogP contribution is -2.15. The van der Waals surface area contributed by atoms with E-state index in [1.54, 1.807) is 12.1 Å². The number of hydrogen-bond acceptors (Lipinski definition) is 3. The van der Waals surface area contributed by atoms with Gasteiger partial charge in [0.1, 0.15) is 17.7 Å². The van der Waals surface area contributed by atoms with E-state index in [9.17, 15) is 18.7 Å². The highest BCUT2D eigenvalue weighted by Gasteiger charge is 2.17. The Bertz CT molecular complexity index is 624. The van der Waals surface area contributed by atoms with E-state index in [1.165, 1.54) is 18.2 Å². The number of nitrogens with two attached hydrogens (primary N) is 1. The molecule has 0 aliphatic carbocycles. The molecule has 1 amide bonds. The second-order valence-corrected chi connectivity index (χ2v) is 4.47. The van der Waals surface area contributed by atoms with Crippen molar-refractivity contribution in [1.82, 2.24) is 0 Å². The van der Waals surface area contributed by atoms with Crippen LogP contribution >= 0.6 is 0 Å². The average molecular weight is 292 g/mol. The predicted octanol–water partition coefficient (Wildman–Crippen LogP) is 2.21. The molecule has 21 heavy (non-hydrogen) atoms. The number of rotatable bonds is 5. The van der Waals surface area contributed by atoms with Crippen LogP contribution in [0.5, 0.6) is 0 Å². The van der Waals surface area contributed by atoms with Gasteiger partial charge in [-0.1, -0.05) is 6.07 Å². The van der Waals surface area contributed by atoms with Gasteiger partial charge in [0, 0.05) is 17.8 Å². The molecule has 1 unspecified atom stereocenters. The minimum absolute atomic E-state index is 0.0756. The highest BCUT2D eigenvalue weighted by atomic mass is 19.1. The van der Waals surface area contributed by atoms with Crippen molar-refractivity contribution >= 4 is 11.6 Å². The Labute approximate surface area is 120 Å². The summed E-state index contributed by atoms with van der Waals surface area (Å²) in [5, 5.41) is 12.7. The Hall–Kier alpha value is -2.47. The molecule has 2 rings (SSSR count). The first-order chi connectivity index (χ1) is 9.99. The Morgan fingerprint density at radius 3 is 2.24 bits per heavy atom. The summed E-state index contributed by atoms with van der Waals surface area (Å²) in [6, 6.07) is 9.61. The molecule has 0 bridgehead atoms. The molecule has 0 spiro atoms. The summed E-state index contributed by atoms with van der Waals surface area (Å²) in [7, 11) is 0. The summed E-state index contributed by atoms with van der Waals surface area (Å²) in [6.45, 7) is -0.0756. The van der Waals surface area contributed by atoms with Crippen molar-refractivity contribution in [2.24, 2.45) is 5.73 Å². The van der Waals surface area contributed by atoms with Gasteiger partial charge in [0.15, 0.2) is 0 Å². The highest BCUT2D eigenvalue weighted by molar-refractivity contribution is 5.93. The molecule has 4 nitrogen and oxygen atoms in total. The molecule has 2 aromatic rings. The number of anilines is 1. The minimum atomic E-state index is -1.33. The monoisotopic (exact) mass is 292 g/mol. The lowest BCUT2D eigenvalue weighted by atomic mass is 10.1. The van der Waals surface area contributed by atoms with E-state index < -0.39 is 23.6 Å². The number of aliphatic hydroxyl groups is 1. The van der Waals surface area contributed by atoms with Crippen molar-refractivity contribution in [3.05, 3.63) is 65.2 Å². The molecule has 0 aliphatic heterocycles. The molecule has 0 saturated heterocycles. The van der Waals surface area contributed by atoms with Crippen LogP contribution in [0, 0.1) is 11.6 Å². The number of amides is 1. The number of aliphatic hydroxyl groups excluding tert-OH is 1. The minimum Gasteiger partial charge on any atom is -0.386 e. The number of halogens is 2. The Kier molecular flexibility index (Phi) is 4.49. The summed E-state index contributed by atoms with van der Waals surface area (Å²) in [4.78, 5) is 10.9. The van der Waals surface area contributed by atoms with E-state index in [-0.39, 0.29) is 12.1 Å². The van der Waals surface area contributed by atoms with E-state index in [4.69, 9.17) is 5.73 Å². The normalized spacial score (nSPS) is 12.0. The van der Waals surface area contributed by atoms with Gasteiger partial charge in [0.25, 0.3) is 0 Å². The van der Waals surface area contributed by atoms with Crippen LogP contribution in [0.25, 0.3) is 0 Å². The third-order valence-electron chi connectivity index (χ3n) is 3.00. The molecule has 110 valence electrons. The maximum absolute atomic E-state index is 13.5. The Morgan fingerprint density at radius 1 is 1.14 bits per heavy atom. The molecule has 4 N–H and O–H groups in total. The van der Waals surface area contributed by atoms with Crippen molar-refractivity contribution in [2.45, 2.75) is 6.10 Å². The van der Waals surface area contributed by atoms with Gasteiger partial charge in [0.05, 0.1) is 5.56 Å². The summed E-state index contributed by atoms with van der Waals surface area (Å²) < 4.78 is 27.0. The van der Waals surface area contributed by atoms with Crippen molar-refractivity contribution in [3.63, 3.8) is 0 Å². The van der Waals surface area contributed by atoms with Gasteiger partial charge < -0.3 is 16.2 Å². The molecular formula is C15H14F2N2O2. The summed E-state index contributed by atoms with van der Waals surface area (Å²) >= 11 is 0. The molecular weight excluding hydrogens is 278 g/mol. The van der Waals surface area contributed by atoms with Crippen LogP contribution in [-0.4, -0.2) is 17.6 Å². The van der Waals surface area contributed by atoms with Gasteiger partial charge in [0.2, 0.25) is 5.91 Å². The molecule has 0 heterocycles. The maximum atomic E-state index is 13.5. The van der Waals surface area contributed by atoms with Crippen molar-refractivity contribution < 1.29 is 18.7 Å². The topological polar surface area (TPSA) is 75.4 Å². The lowest BCUT2D eigenvalue weighted by Gasteiger charge is -2.14.